The van der Waals surface area contributed by atoms with E-state index in [-0.39, 0.29) is 10.8 Å². The highest BCUT2D eigenvalue weighted by Gasteiger charge is 2.42. The standard InChI is InChI=1S/C19H30OS/c1-17(2,3)14-7-8-16(15(11-14)18(4,5)6)20-12-19(13-21)9-10-19/h7-8,11,21H,9-10,12-13H2,1-6H3. The third-order valence-electron chi connectivity index (χ3n) is 4.48. The highest BCUT2D eigenvalue weighted by Crippen LogP contribution is 2.47. The molecule has 0 spiro atoms. The average Bonchev–Trinajstić information content (AvgIpc) is 3.14. The first-order valence-corrected chi connectivity index (χ1v) is 8.59. The lowest BCUT2D eigenvalue weighted by Gasteiger charge is -2.28. The number of hydrogen-bond acceptors (Lipinski definition) is 2. The predicted octanol–water partition coefficient (Wildman–Crippen LogP) is 5.37. The minimum atomic E-state index is 0.0915. The van der Waals surface area contributed by atoms with Crippen LogP contribution in [0.2, 0.25) is 0 Å². The van der Waals surface area contributed by atoms with Crippen molar-refractivity contribution >= 4 is 12.6 Å². The first-order chi connectivity index (χ1) is 9.57. The molecule has 0 heterocycles. The molecule has 2 rings (SSSR count). The first kappa shape index (κ1) is 16.7. The van der Waals surface area contributed by atoms with Gasteiger partial charge < -0.3 is 4.74 Å². The van der Waals surface area contributed by atoms with Crippen LogP contribution in [0.4, 0.5) is 0 Å². The Morgan fingerprint density at radius 1 is 1.05 bits per heavy atom. The molecular weight excluding hydrogens is 276 g/mol. The molecule has 0 aliphatic heterocycles. The van der Waals surface area contributed by atoms with Gasteiger partial charge in [-0.05, 0) is 46.6 Å². The fourth-order valence-corrected chi connectivity index (χ4v) is 2.87. The van der Waals surface area contributed by atoms with Gasteiger partial charge in [0.25, 0.3) is 0 Å². The van der Waals surface area contributed by atoms with Gasteiger partial charge >= 0.3 is 0 Å². The van der Waals surface area contributed by atoms with Crippen LogP contribution in [-0.2, 0) is 10.8 Å². The van der Waals surface area contributed by atoms with E-state index in [1.165, 1.54) is 24.0 Å². The van der Waals surface area contributed by atoms with Crippen LogP contribution in [0.15, 0.2) is 18.2 Å². The highest BCUT2D eigenvalue weighted by molar-refractivity contribution is 7.80. The molecule has 1 aliphatic rings. The van der Waals surface area contributed by atoms with Gasteiger partial charge in [0.1, 0.15) is 5.75 Å². The van der Waals surface area contributed by atoms with Gasteiger partial charge in [0, 0.05) is 5.41 Å². The van der Waals surface area contributed by atoms with Crippen molar-refractivity contribution in [3.63, 3.8) is 0 Å². The molecule has 1 aromatic rings. The summed E-state index contributed by atoms with van der Waals surface area (Å²) in [5, 5.41) is 0. The Morgan fingerprint density at radius 3 is 2.10 bits per heavy atom. The van der Waals surface area contributed by atoms with Crippen molar-refractivity contribution in [3.05, 3.63) is 29.3 Å². The van der Waals surface area contributed by atoms with Crippen LogP contribution >= 0.6 is 12.6 Å². The van der Waals surface area contributed by atoms with Crippen molar-refractivity contribution in [3.8, 4) is 5.75 Å². The van der Waals surface area contributed by atoms with Gasteiger partial charge in [-0.1, -0.05) is 53.7 Å². The van der Waals surface area contributed by atoms with Gasteiger partial charge in [-0.15, -0.1) is 0 Å². The van der Waals surface area contributed by atoms with E-state index >= 15 is 0 Å². The van der Waals surface area contributed by atoms with Crippen molar-refractivity contribution in [2.45, 2.75) is 65.2 Å². The molecule has 1 saturated carbocycles. The summed E-state index contributed by atoms with van der Waals surface area (Å²) in [7, 11) is 0. The minimum Gasteiger partial charge on any atom is -0.493 e. The van der Waals surface area contributed by atoms with E-state index in [4.69, 9.17) is 4.74 Å². The van der Waals surface area contributed by atoms with E-state index in [0.717, 1.165) is 18.1 Å². The van der Waals surface area contributed by atoms with E-state index in [1.807, 2.05) is 0 Å². The Morgan fingerprint density at radius 2 is 1.67 bits per heavy atom. The summed E-state index contributed by atoms with van der Waals surface area (Å²) in [6.07, 6.45) is 2.50. The van der Waals surface area contributed by atoms with Crippen molar-refractivity contribution in [1.29, 1.82) is 0 Å². The largest absolute Gasteiger partial charge is 0.493 e. The van der Waals surface area contributed by atoms with E-state index < -0.39 is 0 Å². The second-order valence-corrected chi connectivity index (χ2v) is 8.97. The van der Waals surface area contributed by atoms with E-state index in [9.17, 15) is 0 Å². The zero-order valence-electron chi connectivity index (χ0n) is 14.4. The maximum atomic E-state index is 6.20. The summed E-state index contributed by atoms with van der Waals surface area (Å²) in [6.45, 7) is 14.3. The summed E-state index contributed by atoms with van der Waals surface area (Å²) in [4.78, 5) is 0. The highest BCUT2D eigenvalue weighted by atomic mass is 32.1. The summed E-state index contributed by atoms with van der Waals surface area (Å²) in [5.41, 5.74) is 3.27. The third kappa shape index (κ3) is 3.97. The molecule has 0 amide bonds. The molecule has 0 atom stereocenters. The fraction of sp³-hybridized carbons (Fsp3) is 0.684. The summed E-state index contributed by atoms with van der Waals surface area (Å²) in [5.74, 6) is 1.97. The molecule has 1 fully saturated rings. The number of rotatable bonds is 4. The number of ether oxygens (including phenoxy) is 1. The Balaban J connectivity index is 2.28. The molecule has 0 unspecified atom stereocenters. The zero-order chi connectivity index (χ0) is 15.9. The predicted molar refractivity (Wildman–Crippen MR) is 94.9 cm³/mol. The molecule has 1 aromatic carbocycles. The molecule has 0 bridgehead atoms. The number of thiol groups is 1. The second-order valence-electron chi connectivity index (χ2n) is 8.66. The Labute approximate surface area is 135 Å². The monoisotopic (exact) mass is 306 g/mol. The Hall–Kier alpha value is -0.630. The van der Waals surface area contributed by atoms with Crippen molar-refractivity contribution in [1.82, 2.24) is 0 Å². The van der Waals surface area contributed by atoms with E-state index in [1.54, 1.807) is 0 Å². The molecule has 1 aliphatic carbocycles. The third-order valence-corrected chi connectivity index (χ3v) is 5.15. The van der Waals surface area contributed by atoms with Crippen LogP contribution in [0.1, 0.15) is 65.5 Å². The smallest absolute Gasteiger partial charge is 0.123 e. The van der Waals surface area contributed by atoms with E-state index in [2.05, 4.69) is 72.4 Å². The van der Waals surface area contributed by atoms with Crippen LogP contribution in [0.5, 0.6) is 5.75 Å². The average molecular weight is 307 g/mol. The zero-order valence-corrected chi connectivity index (χ0v) is 15.3. The Kier molecular flexibility index (Phi) is 4.41. The topological polar surface area (TPSA) is 9.23 Å². The van der Waals surface area contributed by atoms with Gasteiger partial charge in [-0.3, -0.25) is 0 Å². The lowest BCUT2D eigenvalue weighted by Crippen LogP contribution is -2.20. The van der Waals surface area contributed by atoms with Crippen LogP contribution in [0.25, 0.3) is 0 Å². The summed E-state index contributed by atoms with van der Waals surface area (Å²) < 4.78 is 6.20. The van der Waals surface area contributed by atoms with E-state index in [0.29, 0.717) is 5.41 Å². The van der Waals surface area contributed by atoms with Crippen LogP contribution in [0, 0.1) is 5.41 Å². The van der Waals surface area contributed by atoms with Gasteiger partial charge in [-0.25, -0.2) is 0 Å². The van der Waals surface area contributed by atoms with Crippen molar-refractivity contribution in [2.75, 3.05) is 12.4 Å². The van der Waals surface area contributed by atoms with Crippen LogP contribution in [-0.4, -0.2) is 12.4 Å². The van der Waals surface area contributed by atoms with Gasteiger partial charge in [-0.2, -0.15) is 12.6 Å². The van der Waals surface area contributed by atoms with Gasteiger partial charge in [0.15, 0.2) is 0 Å². The normalized spacial score (nSPS) is 17.7. The molecule has 1 nitrogen and oxygen atoms in total. The number of hydrogen-bond donors (Lipinski definition) is 1. The van der Waals surface area contributed by atoms with Crippen LogP contribution in [0.3, 0.4) is 0 Å². The molecular formula is C19H30OS. The second kappa shape index (κ2) is 5.53. The van der Waals surface area contributed by atoms with Gasteiger partial charge in [0.05, 0.1) is 6.61 Å². The summed E-state index contributed by atoms with van der Waals surface area (Å²) >= 11 is 4.47. The van der Waals surface area contributed by atoms with Crippen molar-refractivity contribution < 1.29 is 4.74 Å². The SMILES string of the molecule is CC(C)(C)c1ccc(OCC2(CS)CC2)c(C(C)(C)C)c1. The lowest BCUT2D eigenvalue weighted by molar-refractivity contribution is 0.245. The Bertz CT molecular complexity index is 501. The first-order valence-electron chi connectivity index (χ1n) is 7.96. The molecule has 21 heavy (non-hydrogen) atoms. The summed E-state index contributed by atoms with van der Waals surface area (Å²) in [6, 6.07) is 6.70. The molecule has 2 heteroatoms. The maximum absolute atomic E-state index is 6.20. The van der Waals surface area contributed by atoms with Crippen LogP contribution < -0.4 is 4.74 Å². The molecule has 0 aromatic heterocycles. The fourth-order valence-electron chi connectivity index (χ4n) is 2.46. The molecule has 0 saturated heterocycles. The molecule has 118 valence electrons. The molecule has 0 radical (unpaired) electrons. The van der Waals surface area contributed by atoms with Gasteiger partial charge in [0.2, 0.25) is 0 Å². The van der Waals surface area contributed by atoms with Crippen molar-refractivity contribution in [2.24, 2.45) is 5.41 Å². The molecule has 0 N–H and O–H groups in total. The minimum absolute atomic E-state index is 0.0915. The lowest BCUT2D eigenvalue weighted by atomic mass is 9.80. The quantitative estimate of drug-likeness (QED) is 0.736. The number of benzene rings is 1. The maximum Gasteiger partial charge on any atom is 0.123 e.